The zero-order valence-corrected chi connectivity index (χ0v) is 17.3. The van der Waals surface area contributed by atoms with E-state index in [9.17, 15) is 13.4 Å². The molecule has 2 heterocycles. The van der Waals surface area contributed by atoms with E-state index in [1.54, 1.807) is 11.6 Å². The lowest BCUT2D eigenvalue weighted by Gasteiger charge is -2.26. The molecule has 0 saturated carbocycles. The minimum absolute atomic E-state index is 0.105. The Morgan fingerprint density at radius 1 is 1.33 bits per heavy atom. The third-order valence-electron chi connectivity index (χ3n) is 5.24. The van der Waals surface area contributed by atoms with Gasteiger partial charge >= 0.3 is 5.76 Å². The number of hydrogen-bond donors (Lipinski definition) is 2. The van der Waals surface area contributed by atoms with Crippen LogP contribution in [0.3, 0.4) is 0 Å². The number of benzene rings is 2. The number of aryl methyl sites for hydroxylation is 1. The summed E-state index contributed by atoms with van der Waals surface area (Å²) in [5.74, 6) is -1.27. The van der Waals surface area contributed by atoms with Crippen molar-refractivity contribution in [1.82, 2.24) is 9.55 Å². The summed E-state index contributed by atoms with van der Waals surface area (Å²) in [6.45, 7) is 0. The minimum atomic E-state index is -1.89. The van der Waals surface area contributed by atoms with E-state index in [2.05, 4.69) is 9.71 Å². The average molecular weight is 445 g/mol. The molecule has 2 atom stereocenters. The van der Waals surface area contributed by atoms with E-state index in [4.69, 9.17) is 10.2 Å². The van der Waals surface area contributed by atoms with Crippen molar-refractivity contribution in [2.24, 2.45) is 0 Å². The Morgan fingerprint density at radius 3 is 3.00 bits per heavy atom. The smallest absolute Gasteiger partial charge is 0.408 e. The number of nitrogen functional groups attached to an aromatic ring is 1. The fraction of sp³-hybridized carbons (Fsp3) is 0.200. The van der Waals surface area contributed by atoms with Crippen LogP contribution >= 0.6 is 11.3 Å². The summed E-state index contributed by atoms with van der Waals surface area (Å²) in [6.07, 6.45) is 4.06. The van der Waals surface area contributed by atoms with Crippen molar-refractivity contribution in [1.29, 1.82) is 0 Å². The van der Waals surface area contributed by atoms with Crippen LogP contribution < -0.4 is 16.2 Å². The van der Waals surface area contributed by atoms with Crippen molar-refractivity contribution < 1.29 is 13.0 Å². The Morgan fingerprint density at radius 2 is 2.20 bits per heavy atom. The van der Waals surface area contributed by atoms with Gasteiger partial charge in [0.05, 0.1) is 16.5 Å². The fourth-order valence-corrected chi connectivity index (χ4v) is 5.51. The molecule has 0 fully saturated rings. The summed E-state index contributed by atoms with van der Waals surface area (Å²) in [7, 11) is -1.89. The van der Waals surface area contributed by atoms with Gasteiger partial charge in [-0.25, -0.2) is 18.4 Å². The largest absolute Gasteiger partial charge is 0.420 e. The van der Waals surface area contributed by atoms with Crippen molar-refractivity contribution in [3.05, 3.63) is 69.4 Å². The number of halogens is 1. The van der Waals surface area contributed by atoms with Gasteiger partial charge in [-0.2, -0.15) is 0 Å². The molecule has 1 aliphatic carbocycles. The molecule has 1 aliphatic rings. The van der Waals surface area contributed by atoms with E-state index < -0.39 is 22.6 Å². The first-order valence-corrected chi connectivity index (χ1v) is 11.3. The standard InChI is InChI=1S/C20H17FN4O3S2/c21-14-9-16-17(10-18(14)30(27)24-19-23-6-7-29-19)28-20(26)25(16)15-3-1-2-11-4-5-12(22)8-13(11)15/h4-10,15H,1-3,22H2,(H,23,24). The Hall–Kier alpha value is -2.98. The van der Waals surface area contributed by atoms with Gasteiger partial charge in [0.25, 0.3) is 0 Å². The predicted octanol–water partition coefficient (Wildman–Crippen LogP) is 3.83. The lowest BCUT2D eigenvalue weighted by atomic mass is 9.87. The second-order valence-electron chi connectivity index (χ2n) is 7.06. The number of nitrogens with two attached hydrogens (primary N) is 1. The molecule has 154 valence electrons. The Bertz CT molecular complexity index is 1330. The van der Waals surface area contributed by atoms with Crippen LogP contribution in [0.5, 0.6) is 0 Å². The summed E-state index contributed by atoms with van der Waals surface area (Å²) in [6, 6.07) is 7.89. The van der Waals surface area contributed by atoms with Crippen LogP contribution in [-0.2, 0) is 17.4 Å². The van der Waals surface area contributed by atoms with E-state index in [-0.39, 0.29) is 16.5 Å². The van der Waals surface area contributed by atoms with Gasteiger partial charge in [-0.3, -0.25) is 9.29 Å². The van der Waals surface area contributed by atoms with Crippen LogP contribution in [0.25, 0.3) is 11.1 Å². The molecular weight excluding hydrogens is 427 g/mol. The molecule has 0 bridgehead atoms. The first-order valence-electron chi connectivity index (χ1n) is 9.32. The Labute approximate surface area is 176 Å². The van der Waals surface area contributed by atoms with Crippen molar-refractivity contribution in [3.8, 4) is 0 Å². The highest BCUT2D eigenvalue weighted by molar-refractivity contribution is 7.86. The molecule has 2 aromatic carbocycles. The van der Waals surface area contributed by atoms with Crippen LogP contribution in [0, 0.1) is 5.82 Å². The topological polar surface area (TPSA) is 103 Å². The SMILES string of the molecule is Nc1ccc2c(c1)C(n1c(=O)oc3cc(S(=O)Nc4nccs4)c(F)cc31)CCC2. The fourth-order valence-electron chi connectivity index (χ4n) is 3.94. The first kappa shape index (κ1) is 19.0. The quantitative estimate of drug-likeness (QED) is 0.466. The number of oxazole rings is 1. The molecule has 30 heavy (non-hydrogen) atoms. The summed E-state index contributed by atoms with van der Waals surface area (Å²) < 4.78 is 37.0. The summed E-state index contributed by atoms with van der Waals surface area (Å²) in [5, 5.41) is 2.12. The number of fused-ring (bicyclic) bond motifs is 2. The van der Waals surface area contributed by atoms with Crippen LogP contribution in [0.4, 0.5) is 15.2 Å². The molecule has 7 nitrogen and oxygen atoms in total. The van der Waals surface area contributed by atoms with Crippen molar-refractivity contribution in [2.45, 2.75) is 30.2 Å². The van der Waals surface area contributed by atoms with Crippen LogP contribution in [0.15, 0.2) is 56.0 Å². The Kier molecular flexibility index (Phi) is 4.67. The predicted molar refractivity (Wildman–Crippen MR) is 115 cm³/mol. The molecule has 2 unspecified atom stereocenters. The molecule has 3 N–H and O–H groups in total. The van der Waals surface area contributed by atoms with Crippen LogP contribution in [0.2, 0.25) is 0 Å². The highest BCUT2D eigenvalue weighted by Crippen LogP contribution is 2.36. The van der Waals surface area contributed by atoms with E-state index in [0.717, 1.165) is 24.0 Å². The molecule has 10 heteroatoms. The van der Waals surface area contributed by atoms with Crippen molar-refractivity contribution in [3.63, 3.8) is 0 Å². The van der Waals surface area contributed by atoms with Gasteiger partial charge in [-0.05, 0) is 42.5 Å². The maximum absolute atomic E-state index is 14.9. The van der Waals surface area contributed by atoms with Gasteiger partial charge in [0, 0.05) is 29.4 Å². The van der Waals surface area contributed by atoms with E-state index in [1.165, 1.54) is 28.0 Å². The lowest BCUT2D eigenvalue weighted by molar-refractivity contribution is 0.437. The third-order valence-corrected chi connectivity index (χ3v) is 7.15. The monoisotopic (exact) mass is 444 g/mol. The maximum Gasteiger partial charge on any atom is 0.420 e. The molecule has 0 spiro atoms. The van der Waals surface area contributed by atoms with Crippen molar-refractivity contribution >= 4 is 44.2 Å². The van der Waals surface area contributed by atoms with Gasteiger partial charge in [0.15, 0.2) is 21.7 Å². The van der Waals surface area contributed by atoms with Gasteiger partial charge in [-0.1, -0.05) is 6.07 Å². The first-order chi connectivity index (χ1) is 14.5. The van der Waals surface area contributed by atoms with Crippen LogP contribution in [0.1, 0.15) is 30.0 Å². The molecule has 0 saturated heterocycles. The maximum atomic E-state index is 14.9. The van der Waals surface area contributed by atoms with Gasteiger partial charge < -0.3 is 10.2 Å². The normalized spacial score (nSPS) is 17.0. The second kappa shape index (κ2) is 7.37. The van der Waals surface area contributed by atoms with E-state index in [0.29, 0.717) is 22.8 Å². The lowest BCUT2D eigenvalue weighted by Crippen LogP contribution is -2.25. The van der Waals surface area contributed by atoms with Crippen LogP contribution in [-0.4, -0.2) is 13.8 Å². The third kappa shape index (κ3) is 3.21. The zero-order valence-electron chi connectivity index (χ0n) is 15.6. The number of nitrogens with zero attached hydrogens (tertiary/aromatic N) is 2. The average Bonchev–Trinajstić information content (AvgIpc) is 3.33. The number of thiazole rings is 1. The second-order valence-corrected chi connectivity index (χ2v) is 9.14. The Balaban J connectivity index is 1.60. The number of rotatable bonds is 4. The minimum Gasteiger partial charge on any atom is -0.408 e. The van der Waals surface area contributed by atoms with Gasteiger partial charge in [0.1, 0.15) is 5.82 Å². The van der Waals surface area contributed by atoms with E-state index >= 15 is 0 Å². The number of anilines is 2. The number of aromatic nitrogens is 2. The summed E-state index contributed by atoms with van der Waals surface area (Å²) in [4.78, 5) is 16.6. The number of hydrogen-bond acceptors (Lipinski definition) is 6. The molecule has 0 aliphatic heterocycles. The molecule has 0 amide bonds. The van der Waals surface area contributed by atoms with Crippen molar-refractivity contribution in [2.75, 3.05) is 10.5 Å². The molecular formula is C20H17FN4O3S2. The van der Waals surface area contributed by atoms with Gasteiger partial charge in [-0.15, -0.1) is 11.3 Å². The molecule has 0 radical (unpaired) electrons. The molecule has 2 aromatic heterocycles. The molecule has 4 aromatic rings. The number of nitrogens with one attached hydrogen (secondary N) is 1. The van der Waals surface area contributed by atoms with Gasteiger partial charge in [0.2, 0.25) is 0 Å². The summed E-state index contributed by atoms with van der Waals surface area (Å²) in [5.41, 5.74) is 9.15. The highest BCUT2D eigenvalue weighted by atomic mass is 32.2. The summed E-state index contributed by atoms with van der Waals surface area (Å²) >= 11 is 1.25. The molecule has 5 rings (SSSR count). The zero-order chi connectivity index (χ0) is 20.8. The highest BCUT2D eigenvalue weighted by Gasteiger charge is 2.27. The van der Waals surface area contributed by atoms with E-state index in [1.807, 2.05) is 18.2 Å².